The predicted molar refractivity (Wildman–Crippen MR) is 78.5 cm³/mol. The molecule has 2 atom stereocenters. The zero-order valence-electron chi connectivity index (χ0n) is 12.3. The second-order valence-corrected chi connectivity index (χ2v) is 5.86. The van der Waals surface area contributed by atoms with Crippen LogP contribution in [0.15, 0.2) is 34.3 Å². The summed E-state index contributed by atoms with van der Waals surface area (Å²) in [5, 5.41) is 10.4. The third-order valence-corrected chi connectivity index (χ3v) is 4.38. The average molecular weight is 328 g/mol. The number of nitrogens with zero attached hydrogens (tertiary/aromatic N) is 2. The fourth-order valence-corrected chi connectivity index (χ4v) is 3.25. The molecule has 23 heavy (non-hydrogen) atoms. The molecule has 0 fully saturated rings. The maximum atomic E-state index is 13.6. The van der Waals surface area contributed by atoms with Crippen molar-refractivity contribution in [3.63, 3.8) is 0 Å². The van der Waals surface area contributed by atoms with E-state index in [4.69, 9.17) is 0 Å². The molecule has 0 bridgehead atoms. The van der Waals surface area contributed by atoms with E-state index in [1.165, 1.54) is 18.2 Å². The molecule has 1 aromatic carbocycles. The van der Waals surface area contributed by atoms with Gasteiger partial charge in [-0.25, -0.2) is 4.39 Å². The molecule has 0 aliphatic carbocycles. The van der Waals surface area contributed by atoms with Crippen molar-refractivity contribution in [3.05, 3.63) is 35.6 Å². The molecular formula is C16H16F4N2O. The lowest BCUT2D eigenvalue weighted by Crippen LogP contribution is -2.58. The summed E-state index contributed by atoms with van der Waals surface area (Å²) in [5.41, 5.74) is -2.29. The first-order valence-corrected chi connectivity index (χ1v) is 7.45. The Bertz CT molecular complexity index is 668. The summed E-state index contributed by atoms with van der Waals surface area (Å²) in [6.07, 6.45) is -4.41. The molecule has 2 unspecified atom stereocenters. The van der Waals surface area contributed by atoms with Crippen molar-refractivity contribution < 1.29 is 22.7 Å². The van der Waals surface area contributed by atoms with Gasteiger partial charge < -0.3 is 5.11 Å². The minimum Gasteiger partial charge on any atom is -0.379 e. The van der Waals surface area contributed by atoms with Gasteiger partial charge in [-0.15, -0.1) is 0 Å². The highest BCUT2D eigenvalue weighted by atomic mass is 19.4. The number of hydrogen-bond donors (Lipinski definition) is 1. The van der Waals surface area contributed by atoms with Gasteiger partial charge in [-0.2, -0.15) is 13.2 Å². The standard InChI is InChI=1S/C16H16F4N2O/c17-11-4-1-3-10(9-11)14-13-12(5-2-7-22-14)21-8-6-15(13,23)16(18,19)20/h1,3-4,9,13,23H,2,5-8H2. The molecule has 2 aliphatic rings. The van der Waals surface area contributed by atoms with Crippen LogP contribution in [0, 0.1) is 11.7 Å². The molecule has 2 heterocycles. The van der Waals surface area contributed by atoms with E-state index in [-0.39, 0.29) is 17.8 Å². The van der Waals surface area contributed by atoms with E-state index in [9.17, 15) is 22.7 Å². The highest BCUT2D eigenvalue weighted by molar-refractivity contribution is 6.16. The van der Waals surface area contributed by atoms with Gasteiger partial charge in [-0.05, 0) is 30.5 Å². The molecule has 1 N–H and O–H groups in total. The lowest BCUT2D eigenvalue weighted by Gasteiger charge is -2.41. The number of fused-ring (bicyclic) bond motifs is 1. The number of benzene rings is 1. The van der Waals surface area contributed by atoms with Gasteiger partial charge in [0.1, 0.15) is 5.82 Å². The first-order chi connectivity index (χ1) is 10.8. The Morgan fingerprint density at radius 1 is 1.17 bits per heavy atom. The summed E-state index contributed by atoms with van der Waals surface area (Å²) >= 11 is 0. The first kappa shape index (κ1) is 16.1. The number of hydrogen-bond acceptors (Lipinski definition) is 3. The maximum Gasteiger partial charge on any atom is 0.418 e. The normalized spacial score (nSPS) is 28.5. The van der Waals surface area contributed by atoms with Crippen LogP contribution >= 0.6 is 0 Å². The number of rotatable bonds is 1. The molecule has 2 aliphatic heterocycles. The summed E-state index contributed by atoms with van der Waals surface area (Å²) in [7, 11) is 0. The van der Waals surface area contributed by atoms with E-state index >= 15 is 0 Å². The van der Waals surface area contributed by atoms with Crippen molar-refractivity contribution in [2.45, 2.75) is 31.0 Å². The molecule has 3 nitrogen and oxygen atoms in total. The monoisotopic (exact) mass is 328 g/mol. The fourth-order valence-electron chi connectivity index (χ4n) is 3.25. The second-order valence-electron chi connectivity index (χ2n) is 5.86. The summed E-state index contributed by atoms with van der Waals surface area (Å²) in [4.78, 5) is 8.44. The molecular weight excluding hydrogens is 312 g/mol. The number of aliphatic hydroxyl groups is 1. The highest BCUT2D eigenvalue weighted by Crippen LogP contribution is 2.44. The van der Waals surface area contributed by atoms with Gasteiger partial charge in [0.25, 0.3) is 0 Å². The van der Waals surface area contributed by atoms with Crippen LogP contribution in [0.1, 0.15) is 24.8 Å². The first-order valence-electron chi connectivity index (χ1n) is 7.45. The molecule has 0 saturated carbocycles. The molecule has 7 heteroatoms. The van der Waals surface area contributed by atoms with Crippen molar-refractivity contribution in [3.8, 4) is 0 Å². The van der Waals surface area contributed by atoms with Crippen LogP contribution in [-0.4, -0.2) is 41.4 Å². The largest absolute Gasteiger partial charge is 0.418 e. The SMILES string of the molecule is OC1(C(F)(F)F)CCN=C2CCCN=C(c3cccc(F)c3)C21. The van der Waals surface area contributed by atoms with Gasteiger partial charge in [0.05, 0.1) is 11.6 Å². The van der Waals surface area contributed by atoms with Gasteiger partial charge >= 0.3 is 6.18 Å². The van der Waals surface area contributed by atoms with E-state index < -0.39 is 29.9 Å². The van der Waals surface area contributed by atoms with Crippen LogP contribution < -0.4 is 0 Å². The van der Waals surface area contributed by atoms with Gasteiger partial charge in [0.15, 0.2) is 5.60 Å². The third kappa shape index (κ3) is 2.78. The Morgan fingerprint density at radius 3 is 2.65 bits per heavy atom. The minimum absolute atomic E-state index is 0.0697. The molecule has 0 radical (unpaired) electrons. The van der Waals surface area contributed by atoms with E-state index in [1.54, 1.807) is 0 Å². The van der Waals surface area contributed by atoms with Gasteiger partial charge in [0, 0.05) is 25.2 Å². The van der Waals surface area contributed by atoms with E-state index in [1.807, 2.05) is 0 Å². The number of alkyl halides is 3. The molecule has 0 amide bonds. The Hall–Kier alpha value is -1.76. The zero-order valence-corrected chi connectivity index (χ0v) is 12.3. The highest BCUT2D eigenvalue weighted by Gasteiger charge is 2.62. The van der Waals surface area contributed by atoms with Crippen LogP contribution in [0.5, 0.6) is 0 Å². The Labute approximate surface area is 130 Å². The van der Waals surface area contributed by atoms with Crippen LogP contribution in [0.4, 0.5) is 17.6 Å². The Morgan fingerprint density at radius 2 is 1.96 bits per heavy atom. The smallest absolute Gasteiger partial charge is 0.379 e. The van der Waals surface area contributed by atoms with Crippen molar-refractivity contribution in [2.24, 2.45) is 15.9 Å². The molecule has 1 aromatic rings. The van der Waals surface area contributed by atoms with Crippen molar-refractivity contribution >= 4 is 11.4 Å². The van der Waals surface area contributed by atoms with E-state index in [0.717, 1.165) is 6.07 Å². The number of aliphatic imine (C=N–C) groups is 2. The number of halogens is 4. The van der Waals surface area contributed by atoms with Crippen molar-refractivity contribution in [1.82, 2.24) is 0 Å². The lowest BCUT2D eigenvalue weighted by atomic mass is 9.73. The van der Waals surface area contributed by atoms with Gasteiger partial charge in [-0.1, -0.05) is 12.1 Å². The fraction of sp³-hybridized carbons (Fsp3) is 0.500. The summed E-state index contributed by atoms with van der Waals surface area (Å²) < 4.78 is 54.2. The minimum atomic E-state index is -4.81. The topological polar surface area (TPSA) is 45.0 Å². The van der Waals surface area contributed by atoms with Crippen LogP contribution in [0.3, 0.4) is 0 Å². The quantitative estimate of drug-likeness (QED) is 0.791. The maximum absolute atomic E-state index is 13.6. The molecule has 0 saturated heterocycles. The van der Waals surface area contributed by atoms with Gasteiger partial charge in [-0.3, -0.25) is 9.98 Å². The Balaban J connectivity index is 2.15. The summed E-state index contributed by atoms with van der Waals surface area (Å²) in [6.45, 7) is 0.258. The van der Waals surface area contributed by atoms with Crippen LogP contribution in [0.2, 0.25) is 0 Å². The van der Waals surface area contributed by atoms with Crippen molar-refractivity contribution in [2.75, 3.05) is 13.1 Å². The van der Waals surface area contributed by atoms with Crippen LogP contribution in [0.25, 0.3) is 0 Å². The molecule has 3 rings (SSSR count). The third-order valence-electron chi connectivity index (χ3n) is 4.38. The molecule has 0 aromatic heterocycles. The van der Waals surface area contributed by atoms with E-state index in [0.29, 0.717) is 25.1 Å². The zero-order chi connectivity index (χ0) is 16.7. The predicted octanol–water partition coefficient (Wildman–Crippen LogP) is 3.16. The molecule has 0 spiro atoms. The average Bonchev–Trinajstić information content (AvgIpc) is 2.69. The van der Waals surface area contributed by atoms with Crippen LogP contribution in [-0.2, 0) is 0 Å². The van der Waals surface area contributed by atoms with Gasteiger partial charge in [0.2, 0.25) is 0 Å². The Kier molecular flexibility index (Phi) is 4.00. The van der Waals surface area contributed by atoms with Crippen molar-refractivity contribution in [1.29, 1.82) is 0 Å². The molecule has 124 valence electrons. The lowest BCUT2D eigenvalue weighted by molar-refractivity contribution is -0.267. The van der Waals surface area contributed by atoms with E-state index in [2.05, 4.69) is 9.98 Å². The summed E-state index contributed by atoms with van der Waals surface area (Å²) in [6, 6.07) is 5.29. The second kappa shape index (κ2) is 5.70. The summed E-state index contributed by atoms with van der Waals surface area (Å²) in [5.74, 6) is -1.93.